The van der Waals surface area contributed by atoms with E-state index in [-0.39, 0.29) is 6.61 Å². The van der Waals surface area contributed by atoms with Gasteiger partial charge in [0.2, 0.25) is 0 Å². The Kier molecular flexibility index (Phi) is 3.71. The van der Waals surface area contributed by atoms with Crippen LogP contribution in [0.25, 0.3) is 0 Å². The van der Waals surface area contributed by atoms with Crippen LogP contribution in [0.4, 0.5) is 11.4 Å². The second-order valence-electron chi connectivity index (χ2n) is 3.49. The lowest BCUT2D eigenvalue weighted by atomic mass is 10.2. The van der Waals surface area contributed by atoms with E-state index in [0.29, 0.717) is 18.3 Å². The lowest BCUT2D eigenvalue weighted by Gasteiger charge is -2.27. The number of pyridine rings is 1. The maximum atomic E-state index is 8.92. The molecule has 0 unspecified atom stereocenters. The Balaban J connectivity index is 2.87. The number of hydrogen-bond donors (Lipinski definition) is 2. The zero-order valence-electron chi connectivity index (χ0n) is 8.64. The standard InChI is InChI=1S/C10H17N3O/c1-8(2)13(3-4-14)10-5-9(11)6-12-7-10/h5-8,14H,3-4,11H2,1-2H3. The van der Waals surface area contributed by atoms with Gasteiger partial charge in [0.15, 0.2) is 0 Å². The highest BCUT2D eigenvalue weighted by molar-refractivity contribution is 5.53. The maximum Gasteiger partial charge on any atom is 0.0606 e. The van der Waals surface area contributed by atoms with E-state index in [2.05, 4.69) is 23.7 Å². The third-order valence-corrected chi connectivity index (χ3v) is 2.04. The fourth-order valence-electron chi connectivity index (χ4n) is 1.40. The molecule has 0 amide bonds. The van der Waals surface area contributed by atoms with Crippen molar-refractivity contribution in [2.75, 3.05) is 23.8 Å². The summed E-state index contributed by atoms with van der Waals surface area (Å²) in [6, 6.07) is 2.19. The number of aromatic nitrogens is 1. The number of nitrogens with two attached hydrogens (primary N) is 1. The molecule has 0 aromatic carbocycles. The summed E-state index contributed by atoms with van der Waals surface area (Å²) in [5.41, 5.74) is 7.24. The molecule has 1 heterocycles. The van der Waals surface area contributed by atoms with Gasteiger partial charge in [0.05, 0.1) is 24.2 Å². The second-order valence-corrected chi connectivity index (χ2v) is 3.49. The van der Waals surface area contributed by atoms with Crippen molar-refractivity contribution in [2.24, 2.45) is 0 Å². The first-order chi connectivity index (χ1) is 6.65. The van der Waals surface area contributed by atoms with Crippen molar-refractivity contribution in [1.82, 2.24) is 4.98 Å². The van der Waals surface area contributed by atoms with Gasteiger partial charge in [0.25, 0.3) is 0 Å². The highest BCUT2D eigenvalue weighted by Gasteiger charge is 2.09. The molecule has 1 rings (SSSR count). The van der Waals surface area contributed by atoms with E-state index in [1.807, 2.05) is 6.07 Å². The van der Waals surface area contributed by atoms with Gasteiger partial charge in [-0.2, -0.15) is 0 Å². The Bertz CT molecular complexity index is 288. The number of aliphatic hydroxyl groups excluding tert-OH is 1. The highest BCUT2D eigenvalue weighted by atomic mass is 16.3. The average Bonchev–Trinajstić information content (AvgIpc) is 2.13. The van der Waals surface area contributed by atoms with Crippen LogP contribution in [0, 0.1) is 0 Å². The predicted octanol–water partition coefficient (Wildman–Crippen LogP) is 0.871. The molecular formula is C10H17N3O. The van der Waals surface area contributed by atoms with E-state index < -0.39 is 0 Å². The first-order valence-corrected chi connectivity index (χ1v) is 4.73. The molecule has 0 saturated carbocycles. The van der Waals surface area contributed by atoms with Crippen LogP contribution in [0.3, 0.4) is 0 Å². The molecule has 0 bridgehead atoms. The van der Waals surface area contributed by atoms with Crippen molar-refractivity contribution in [2.45, 2.75) is 19.9 Å². The summed E-state index contributed by atoms with van der Waals surface area (Å²) in [5.74, 6) is 0. The first kappa shape index (κ1) is 10.8. The van der Waals surface area contributed by atoms with E-state index >= 15 is 0 Å². The van der Waals surface area contributed by atoms with Crippen LogP contribution < -0.4 is 10.6 Å². The monoisotopic (exact) mass is 195 g/mol. The maximum absolute atomic E-state index is 8.92. The van der Waals surface area contributed by atoms with Crippen LogP contribution in [-0.4, -0.2) is 29.3 Å². The third kappa shape index (κ3) is 2.60. The number of rotatable bonds is 4. The van der Waals surface area contributed by atoms with Crippen LogP contribution in [0.1, 0.15) is 13.8 Å². The largest absolute Gasteiger partial charge is 0.397 e. The molecule has 0 saturated heterocycles. The molecule has 0 atom stereocenters. The quantitative estimate of drug-likeness (QED) is 0.748. The highest BCUT2D eigenvalue weighted by Crippen LogP contribution is 2.17. The van der Waals surface area contributed by atoms with Gasteiger partial charge in [-0.25, -0.2) is 0 Å². The predicted molar refractivity (Wildman–Crippen MR) is 58.2 cm³/mol. The van der Waals surface area contributed by atoms with Crippen molar-refractivity contribution in [1.29, 1.82) is 0 Å². The number of anilines is 2. The molecule has 0 spiro atoms. The summed E-state index contributed by atoms with van der Waals surface area (Å²) in [7, 11) is 0. The van der Waals surface area contributed by atoms with Gasteiger partial charge in [0, 0.05) is 18.8 Å². The molecule has 0 radical (unpaired) electrons. The lowest BCUT2D eigenvalue weighted by Crippen LogP contribution is -2.33. The molecule has 0 aliphatic carbocycles. The van der Waals surface area contributed by atoms with Crippen LogP contribution in [0.5, 0.6) is 0 Å². The van der Waals surface area contributed by atoms with E-state index in [1.165, 1.54) is 0 Å². The van der Waals surface area contributed by atoms with Crippen LogP contribution in [0.2, 0.25) is 0 Å². The minimum absolute atomic E-state index is 0.132. The van der Waals surface area contributed by atoms with E-state index in [4.69, 9.17) is 10.8 Å². The van der Waals surface area contributed by atoms with E-state index in [9.17, 15) is 0 Å². The minimum atomic E-state index is 0.132. The number of nitrogens with zero attached hydrogens (tertiary/aromatic N) is 2. The van der Waals surface area contributed by atoms with Crippen LogP contribution >= 0.6 is 0 Å². The summed E-state index contributed by atoms with van der Waals surface area (Å²) < 4.78 is 0. The smallest absolute Gasteiger partial charge is 0.0606 e. The Morgan fingerprint density at radius 3 is 2.71 bits per heavy atom. The zero-order valence-corrected chi connectivity index (χ0v) is 8.64. The van der Waals surface area contributed by atoms with Gasteiger partial charge in [-0.15, -0.1) is 0 Å². The minimum Gasteiger partial charge on any atom is -0.397 e. The molecule has 3 N–H and O–H groups in total. The average molecular weight is 195 g/mol. The van der Waals surface area contributed by atoms with Gasteiger partial charge >= 0.3 is 0 Å². The third-order valence-electron chi connectivity index (χ3n) is 2.04. The van der Waals surface area contributed by atoms with Crippen molar-refractivity contribution in [3.63, 3.8) is 0 Å². The van der Waals surface area contributed by atoms with Gasteiger partial charge < -0.3 is 15.7 Å². The number of hydrogen-bond acceptors (Lipinski definition) is 4. The Morgan fingerprint density at radius 2 is 2.21 bits per heavy atom. The molecule has 14 heavy (non-hydrogen) atoms. The molecule has 0 aliphatic rings. The van der Waals surface area contributed by atoms with Gasteiger partial charge in [-0.05, 0) is 19.9 Å². The van der Waals surface area contributed by atoms with Crippen molar-refractivity contribution in [3.8, 4) is 0 Å². The fourth-order valence-corrected chi connectivity index (χ4v) is 1.40. The summed E-state index contributed by atoms with van der Waals surface area (Å²) in [4.78, 5) is 6.08. The topological polar surface area (TPSA) is 62.4 Å². The molecular weight excluding hydrogens is 178 g/mol. The van der Waals surface area contributed by atoms with Crippen LogP contribution in [-0.2, 0) is 0 Å². The Hall–Kier alpha value is -1.29. The Morgan fingerprint density at radius 1 is 1.50 bits per heavy atom. The summed E-state index contributed by atoms with van der Waals surface area (Å²) in [5, 5.41) is 8.92. The van der Waals surface area contributed by atoms with Crippen molar-refractivity contribution < 1.29 is 5.11 Å². The SMILES string of the molecule is CC(C)N(CCO)c1cncc(N)c1. The van der Waals surface area contributed by atoms with Crippen molar-refractivity contribution in [3.05, 3.63) is 18.5 Å². The van der Waals surface area contributed by atoms with Crippen molar-refractivity contribution >= 4 is 11.4 Å². The van der Waals surface area contributed by atoms with Gasteiger partial charge in [-0.1, -0.05) is 0 Å². The molecule has 1 aromatic heterocycles. The van der Waals surface area contributed by atoms with Gasteiger partial charge in [0.1, 0.15) is 0 Å². The lowest BCUT2D eigenvalue weighted by molar-refractivity contribution is 0.299. The number of aliphatic hydroxyl groups is 1. The summed E-state index contributed by atoms with van der Waals surface area (Å²) in [6.45, 7) is 4.87. The van der Waals surface area contributed by atoms with Crippen LogP contribution in [0.15, 0.2) is 18.5 Å². The van der Waals surface area contributed by atoms with E-state index in [1.54, 1.807) is 12.4 Å². The molecule has 0 fully saturated rings. The normalized spacial score (nSPS) is 10.6. The number of nitrogen functional groups attached to an aromatic ring is 1. The second kappa shape index (κ2) is 4.81. The molecule has 78 valence electrons. The molecule has 4 nitrogen and oxygen atoms in total. The summed E-state index contributed by atoms with van der Waals surface area (Å²) >= 11 is 0. The molecule has 0 aliphatic heterocycles. The van der Waals surface area contributed by atoms with E-state index in [0.717, 1.165) is 5.69 Å². The summed E-state index contributed by atoms with van der Waals surface area (Å²) in [6.07, 6.45) is 3.37. The fraction of sp³-hybridized carbons (Fsp3) is 0.500. The first-order valence-electron chi connectivity index (χ1n) is 4.73. The molecule has 1 aromatic rings. The molecule has 4 heteroatoms. The zero-order chi connectivity index (χ0) is 10.6. The van der Waals surface area contributed by atoms with Gasteiger partial charge in [-0.3, -0.25) is 4.98 Å². The Labute approximate surface area is 84.4 Å².